The summed E-state index contributed by atoms with van der Waals surface area (Å²) in [5, 5.41) is 11.1. The minimum Gasteiger partial charge on any atom is -0.323 e. The van der Waals surface area contributed by atoms with E-state index < -0.39 is 0 Å². The van der Waals surface area contributed by atoms with Crippen LogP contribution in [0.15, 0.2) is 24.3 Å². The first-order valence-electron chi connectivity index (χ1n) is 5.29. The number of benzene rings is 1. The number of nitrogens with one attached hydrogen (secondary N) is 1. The quantitative estimate of drug-likeness (QED) is 0.849. The number of anilines is 2. The molecule has 0 saturated heterocycles. The second-order valence-electron chi connectivity index (χ2n) is 3.76. The maximum absolute atomic E-state index is 5.72. The molecule has 17 heavy (non-hydrogen) atoms. The van der Waals surface area contributed by atoms with Crippen LogP contribution in [0.25, 0.3) is 0 Å². The van der Waals surface area contributed by atoms with Crippen molar-refractivity contribution in [3.05, 3.63) is 41.2 Å². The summed E-state index contributed by atoms with van der Waals surface area (Å²) in [6.07, 6.45) is 0. The molecular weight excluding hydrogens is 236 g/mol. The molecule has 0 aliphatic heterocycles. The van der Waals surface area contributed by atoms with Crippen molar-refractivity contribution >= 4 is 23.2 Å². The lowest BCUT2D eigenvalue weighted by molar-refractivity contribution is 0.905. The van der Waals surface area contributed by atoms with E-state index in [0.717, 1.165) is 22.6 Å². The Morgan fingerprint density at radius 2 is 1.76 bits per heavy atom. The molecule has 1 N–H and O–H groups in total. The number of alkyl halides is 1. The van der Waals surface area contributed by atoms with Crippen LogP contribution < -0.4 is 5.32 Å². The molecular formula is C12H13ClN4. The number of halogens is 1. The first-order valence-corrected chi connectivity index (χ1v) is 5.82. The molecule has 0 amide bonds. The normalized spacial score (nSPS) is 10.3. The molecule has 0 aliphatic carbocycles. The summed E-state index contributed by atoms with van der Waals surface area (Å²) in [6, 6.07) is 7.81. The topological polar surface area (TPSA) is 50.7 Å². The van der Waals surface area contributed by atoms with Gasteiger partial charge in [0.15, 0.2) is 0 Å². The Hall–Kier alpha value is -1.68. The summed E-state index contributed by atoms with van der Waals surface area (Å²) in [4.78, 5) is 4.30. The van der Waals surface area contributed by atoms with Crippen LogP contribution in [-0.2, 0) is 5.88 Å². The average Bonchev–Trinajstić information content (AvgIpc) is 2.35. The zero-order valence-corrected chi connectivity index (χ0v) is 10.5. The fraction of sp³-hybridized carbons (Fsp3) is 0.250. The monoisotopic (exact) mass is 248 g/mol. The van der Waals surface area contributed by atoms with Crippen LogP contribution in [0, 0.1) is 13.8 Å². The van der Waals surface area contributed by atoms with Gasteiger partial charge in [0.1, 0.15) is 0 Å². The Kier molecular flexibility index (Phi) is 3.54. The fourth-order valence-electron chi connectivity index (χ4n) is 1.32. The first-order chi connectivity index (χ1) is 8.19. The van der Waals surface area contributed by atoms with Crippen molar-refractivity contribution in [2.75, 3.05) is 5.32 Å². The Bertz CT molecular complexity index is 510. The molecule has 5 heteroatoms. The minimum atomic E-state index is 0.506. The van der Waals surface area contributed by atoms with Gasteiger partial charge in [0, 0.05) is 11.6 Å². The van der Waals surface area contributed by atoms with Crippen LogP contribution in [0.2, 0.25) is 0 Å². The zero-order chi connectivity index (χ0) is 12.3. The number of aryl methyl sites for hydroxylation is 2. The van der Waals surface area contributed by atoms with E-state index in [4.69, 9.17) is 11.6 Å². The van der Waals surface area contributed by atoms with E-state index in [1.54, 1.807) is 0 Å². The molecule has 0 saturated carbocycles. The van der Waals surface area contributed by atoms with E-state index in [0.29, 0.717) is 11.8 Å². The molecule has 0 bridgehead atoms. The minimum absolute atomic E-state index is 0.506. The molecule has 0 unspecified atom stereocenters. The number of aromatic nitrogens is 3. The molecule has 0 spiro atoms. The highest BCUT2D eigenvalue weighted by atomic mass is 35.5. The van der Waals surface area contributed by atoms with E-state index in [1.165, 1.54) is 0 Å². The largest absolute Gasteiger partial charge is 0.323 e. The molecule has 88 valence electrons. The molecule has 2 aromatic rings. The van der Waals surface area contributed by atoms with E-state index in [2.05, 4.69) is 20.5 Å². The highest BCUT2D eigenvalue weighted by Crippen LogP contribution is 2.14. The average molecular weight is 249 g/mol. The van der Waals surface area contributed by atoms with E-state index in [9.17, 15) is 0 Å². The zero-order valence-electron chi connectivity index (χ0n) is 9.74. The van der Waals surface area contributed by atoms with Crippen molar-refractivity contribution in [1.29, 1.82) is 0 Å². The molecule has 0 aliphatic rings. The van der Waals surface area contributed by atoms with Crippen molar-refractivity contribution in [3.8, 4) is 0 Å². The highest BCUT2D eigenvalue weighted by Gasteiger charge is 2.01. The van der Waals surface area contributed by atoms with Gasteiger partial charge in [-0.1, -0.05) is 12.1 Å². The molecule has 0 radical (unpaired) electrons. The van der Waals surface area contributed by atoms with Gasteiger partial charge in [-0.3, -0.25) is 0 Å². The Morgan fingerprint density at radius 3 is 2.35 bits per heavy atom. The first kappa shape index (κ1) is 11.8. The third kappa shape index (κ3) is 2.91. The molecule has 0 fully saturated rings. The second kappa shape index (κ2) is 5.10. The van der Waals surface area contributed by atoms with Crippen LogP contribution in [0.1, 0.15) is 17.0 Å². The number of hydrogen-bond donors (Lipinski definition) is 1. The van der Waals surface area contributed by atoms with Gasteiger partial charge >= 0.3 is 0 Å². The lowest BCUT2D eigenvalue weighted by Crippen LogP contribution is -2.02. The number of nitrogens with zero attached hydrogens (tertiary/aromatic N) is 3. The van der Waals surface area contributed by atoms with Crippen LogP contribution >= 0.6 is 11.6 Å². The maximum atomic E-state index is 5.72. The molecule has 2 rings (SSSR count). The van der Waals surface area contributed by atoms with Gasteiger partial charge in [0.05, 0.1) is 11.4 Å². The van der Waals surface area contributed by atoms with E-state index in [1.807, 2.05) is 38.1 Å². The summed E-state index contributed by atoms with van der Waals surface area (Å²) in [5.41, 5.74) is 3.72. The van der Waals surface area contributed by atoms with Gasteiger partial charge < -0.3 is 5.32 Å². The van der Waals surface area contributed by atoms with Crippen LogP contribution in [0.4, 0.5) is 11.6 Å². The SMILES string of the molecule is Cc1nnc(Nc2ccc(CCl)cc2)nc1C. The predicted molar refractivity (Wildman–Crippen MR) is 68.6 cm³/mol. The molecule has 4 nitrogen and oxygen atoms in total. The molecule has 1 aromatic carbocycles. The third-order valence-corrected chi connectivity index (χ3v) is 2.76. The standard InChI is InChI=1S/C12H13ClN4/c1-8-9(2)16-17-12(14-8)15-11-5-3-10(7-13)4-6-11/h3-6H,7H2,1-2H3,(H,14,15,17). The van der Waals surface area contributed by atoms with Crippen LogP contribution in [0.5, 0.6) is 0 Å². The number of hydrogen-bond acceptors (Lipinski definition) is 4. The fourth-order valence-corrected chi connectivity index (χ4v) is 1.49. The van der Waals surface area contributed by atoms with Crippen molar-refractivity contribution in [3.63, 3.8) is 0 Å². The molecule has 0 atom stereocenters. The van der Waals surface area contributed by atoms with Gasteiger partial charge in [-0.25, -0.2) is 4.98 Å². The number of rotatable bonds is 3. The van der Waals surface area contributed by atoms with Gasteiger partial charge in [-0.15, -0.1) is 16.7 Å². The summed E-state index contributed by atoms with van der Waals surface area (Å²) in [5.74, 6) is 1.02. The highest BCUT2D eigenvalue weighted by molar-refractivity contribution is 6.17. The van der Waals surface area contributed by atoms with Crippen molar-refractivity contribution in [2.24, 2.45) is 0 Å². The summed E-state index contributed by atoms with van der Waals surface area (Å²) >= 11 is 5.72. The smallest absolute Gasteiger partial charge is 0.247 e. The molecule has 1 heterocycles. The van der Waals surface area contributed by atoms with Gasteiger partial charge in [0.25, 0.3) is 0 Å². The van der Waals surface area contributed by atoms with Gasteiger partial charge in [-0.05, 0) is 31.5 Å². The van der Waals surface area contributed by atoms with E-state index in [-0.39, 0.29) is 0 Å². The third-order valence-electron chi connectivity index (χ3n) is 2.46. The Labute approximate surface area is 105 Å². The van der Waals surface area contributed by atoms with Crippen molar-refractivity contribution < 1.29 is 0 Å². The lowest BCUT2D eigenvalue weighted by atomic mass is 10.2. The van der Waals surface area contributed by atoms with Crippen LogP contribution in [0.3, 0.4) is 0 Å². The predicted octanol–water partition coefficient (Wildman–Crippen LogP) is 2.97. The summed E-state index contributed by atoms with van der Waals surface area (Å²) in [6.45, 7) is 3.79. The maximum Gasteiger partial charge on any atom is 0.247 e. The second-order valence-corrected chi connectivity index (χ2v) is 4.03. The van der Waals surface area contributed by atoms with Crippen molar-refractivity contribution in [2.45, 2.75) is 19.7 Å². The Morgan fingerprint density at radius 1 is 1.06 bits per heavy atom. The summed E-state index contributed by atoms with van der Waals surface area (Å²) in [7, 11) is 0. The molecule has 1 aromatic heterocycles. The Balaban J connectivity index is 2.16. The van der Waals surface area contributed by atoms with Gasteiger partial charge in [-0.2, -0.15) is 5.10 Å². The lowest BCUT2D eigenvalue weighted by Gasteiger charge is -2.06. The summed E-state index contributed by atoms with van der Waals surface area (Å²) < 4.78 is 0. The van der Waals surface area contributed by atoms with E-state index >= 15 is 0 Å². The van der Waals surface area contributed by atoms with Gasteiger partial charge in [0.2, 0.25) is 5.95 Å². The van der Waals surface area contributed by atoms with Crippen molar-refractivity contribution in [1.82, 2.24) is 15.2 Å². The van der Waals surface area contributed by atoms with Crippen LogP contribution in [-0.4, -0.2) is 15.2 Å².